The van der Waals surface area contributed by atoms with Crippen molar-refractivity contribution < 1.29 is 4.52 Å². The molecule has 2 aliphatic rings. The van der Waals surface area contributed by atoms with Crippen LogP contribution in [0, 0.1) is 0 Å². The van der Waals surface area contributed by atoms with Crippen LogP contribution in [0.2, 0.25) is 0 Å². The van der Waals surface area contributed by atoms with E-state index in [0.717, 1.165) is 31.3 Å². The second-order valence-electron chi connectivity index (χ2n) is 4.47. The maximum absolute atomic E-state index is 5.27. The molecule has 1 saturated carbocycles. The quantitative estimate of drug-likeness (QED) is 0.887. The Hall–Kier alpha value is -0.360. The predicted molar refractivity (Wildman–Crippen MR) is 69.0 cm³/mol. The molecule has 0 aromatic carbocycles. The van der Waals surface area contributed by atoms with Gasteiger partial charge in [-0.15, -0.1) is 24.8 Å². The van der Waals surface area contributed by atoms with Gasteiger partial charge >= 0.3 is 0 Å². The minimum absolute atomic E-state index is 0. The molecule has 2 heterocycles. The normalized spacial score (nSPS) is 24.9. The van der Waals surface area contributed by atoms with Gasteiger partial charge in [0.2, 0.25) is 5.89 Å². The summed E-state index contributed by atoms with van der Waals surface area (Å²) in [6, 6.07) is 0.273. The van der Waals surface area contributed by atoms with Gasteiger partial charge in [0.1, 0.15) is 0 Å². The molecule has 1 unspecified atom stereocenters. The second kappa shape index (κ2) is 6.00. The molecule has 2 fully saturated rings. The Morgan fingerprint density at radius 3 is 2.76 bits per heavy atom. The number of hydrogen-bond acceptors (Lipinski definition) is 5. The van der Waals surface area contributed by atoms with Crippen LogP contribution in [0.4, 0.5) is 0 Å². The highest BCUT2D eigenvalue weighted by molar-refractivity contribution is 5.85. The van der Waals surface area contributed by atoms with E-state index in [9.17, 15) is 0 Å². The molecule has 0 radical (unpaired) electrons. The molecule has 1 saturated heterocycles. The van der Waals surface area contributed by atoms with Crippen LogP contribution in [-0.4, -0.2) is 41.7 Å². The fourth-order valence-corrected chi connectivity index (χ4v) is 1.97. The van der Waals surface area contributed by atoms with Gasteiger partial charge in [0, 0.05) is 25.6 Å². The molecular weight excluding hydrogens is 263 g/mol. The molecule has 98 valence electrons. The van der Waals surface area contributed by atoms with Gasteiger partial charge in [-0.05, 0) is 19.9 Å². The maximum Gasteiger partial charge on any atom is 0.229 e. The predicted octanol–water partition coefficient (Wildman–Crippen LogP) is 1.37. The van der Waals surface area contributed by atoms with Crippen LogP contribution in [0.3, 0.4) is 0 Å². The molecule has 1 atom stereocenters. The van der Waals surface area contributed by atoms with Crippen LogP contribution < -0.4 is 5.32 Å². The Morgan fingerprint density at radius 2 is 2.12 bits per heavy atom. The zero-order valence-electron chi connectivity index (χ0n) is 9.76. The number of likely N-dealkylation sites (N-methyl/N-ethyl adjacent to an activating group) is 1. The molecule has 0 amide bonds. The van der Waals surface area contributed by atoms with Crippen molar-refractivity contribution in [2.45, 2.75) is 24.8 Å². The first-order chi connectivity index (χ1) is 7.34. The van der Waals surface area contributed by atoms with Gasteiger partial charge in [0.05, 0.1) is 6.04 Å². The highest BCUT2D eigenvalue weighted by Gasteiger charge is 2.32. The van der Waals surface area contributed by atoms with Gasteiger partial charge < -0.3 is 9.84 Å². The minimum atomic E-state index is 0. The van der Waals surface area contributed by atoms with Crippen molar-refractivity contribution in [1.29, 1.82) is 0 Å². The van der Waals surface area contributed by atoms with E-state index >= 15 is 0 Å². The average molecular weight is 281 g/mol. The van der Waals surface area contributed by atoms with Crippen molar-refractivity contribution in [3.8, 4) is 0 Å². The highest BCUT2D eigenvalue weighted by Crippen LogP contribution is 2.39. The molecule has 1 aliphatic carbocycles. The summed E-state index contributed by atoms with van der Waals surface area (Å²) in [7, 11) is 2.11. The topological polar surface area (TPSA) is 54.2 Å². The van der Waals surface area contributed by atoms with E-state index in [-0.39, 0.29) is 30.9 Å². The first-order valence-electron chi connectivity index (χ1n) is 5.59. The molecule has 5 nitrogen and oxygen atoms in total. The molecule has 3 rings (SSSR count). The Morgan fingerprint density at radius 1 is 1.35 bits per heavy atom. The third-order valence-electron chi connectivity index (χ3n) is 3.19. The highest BCUT2D eigenvalue weighted by atomic mass is 35.5. The van der Waals surface area contributed by atoms with E-state index in [2.05, 4.69) is 27.4 Å². The lowest BCUT2D eigenvalue weighted by Crippen LogP contribution is -2.44. The summed E-state index contributed by atoms with van der Waals surface area (Å²) in [4.78, 5) is 6.76. The number of aromatic nitrogens is 2. The Labute approximate surface area is 113 Å². The number of piperazine rings is 1. The lowest BCUT2D eigenvalue weighted by atomic mass is 10.2. The zero-order chi connectivity index (χ0) is 10.3. The van der Waals surface area contributed by atoms with Crippen LogP contribution in [0.1, 0.15) is 36.5 Å². The second-order valence-corrected chi connectivity index (χ2v) is 4.47. The molecule has 7 heteroatoms. The third kappa shape index (κ3) is 3.10. The molecular formula is C10H18Cl2N4O. The van der Waals surface area contributed by atoms with Gasteiger partial charge in [0.25, 0.3) is 0 Å². The Bertz CT molecular complexity index is 356. The molecule has 1 aromatic heterocycles. The first kappa shape index (κ1) is 14.7. The smallest absolute Gasteiger partial charge is 0.229 e. The summed E-state index contributed by atoms with van der Waals surface area (Å²) in [5.41, 5.74) is 0. The minimum Gasteiger partial charge on any atom is -0.339 e. The summed E-state index contributed by atoms with van der Waals surface area (Å²) in [6.07, 6.45) is 2.42. The lowest BCUT2D eigenvalue weighted by molar-refractivity contribution is 0.190. The molecule has 17 heavy (non-hydrogen) atoms. The molecule has 1 aliphatic heterocycles. The molecule has 1 aromatic rings. The van der Waals surface area contributed by atoms with Crippen molar-refractivity contribution in [3.63, 3.8) is 0 Å². The number of nitrogens with zero attached hydrogens (tertiary/aromatic N) is 3. The van der Waals surface area contributed by atoms with E-state index in [1.165, 1.54) is 12.8 Å². The molecule has 0 bridgehead atoms. The lowest BCUT2D eigenvalue weighted by Gasteiger charge is -2.30. The van der Waals surface area contributed by atoms with Crippen LogP contribution in [0.5, 0.6) is 0 Å². The summed E-state index contributed by atoms with van der Waals surface area (Å²) in [5.74, 6) is 2.23. The number of nitrogens with one attached hydrogen (secondary N) is 1. The molecule has 0 spiro atoms. The van der Waals surface area contributed by atoms with E-state index in [1.54, 1.807) is 0 Å². The summed E-state index contributed by atoms with van der Waals surface area (Å²) in [5, 5.41) is 7.44. The van der Waals surface area contributed by atoms with E-state index < -0.39 is 0 Å². The number of rotatable bonds is 2. The van der Waals surface area contributed by atoms with Crippen LogP contribution >= 0.6 is 24.8 Å². The van der Waals surface area contributed by atoms with Gasteiger partial charge in [0.15, 0.2) is 5.82 Å². The van der Waals surface area contributed by atoms with Gasteiger partial charge in [-0.2, -0.15) is 4.98 Å². The largest absolute Gasteiger partial charge is 0.339 e. The van der Waals surface area contributed by atoms with E-state index in [1.807, 2.05) is 0 Å². The van der Waals surface area contributed by atoms with Crippen molar-refractivity contribution >= 4 is 24.8 Å². The summed E-state index contributed by atoms with van der Waals surface area (Å²) >= 11 is 0. The van der Waals surface area contributed by atoms with Crippen LogP contribution in [0.25, 0.3) is 0 Å². The van der Waals surface area contributed by atoms with Gasteiger partial charge in [-0.3, -0.25) is 4.90 Å². The number of hydrogen-bond donors (Lipinski definition) is 1. The van der Waals surface area contributed by atoms with Crippen LogP contribution in [-0.2, 0) is 0 Å². The summed E-state index contributed by atoms with van der Waals surface area (Å²) in [6.45, 7) is 3.00. The number of halogens is 2. The van der Waals surface area contributed by atoms with Crippen molar-refractivity contribution in [1.82, 2.24) is 20.4 Å². The monoisotopic (exact) mass is 280 g/mol. The van der Waals surface area contributed by atoms with E-state index in [0.29, 0.717) is 5.92 Å². The Kier molecular flexibility index (Phi) is 5.19. The average Bonchev–Trinajstić information content (AvgIpc) is 2.99. The Balaban J connectivity index is 0.000000722. The standard InChI is InChI=1S/C10H16N4O.2ClH/c1-14-5-4-11-6-8(14)9-12-10(15-13-9)7-2-3-7;;/h7-8,11H,2-6H2,1H3;2*1H. The van der Waals surface area contributed by atoms with Gasteiger partial charge in [-0.1, -0.05) is 5.16 Å². The van der Waals surface area contributed by atoms with Crippen molar-refractivity contribution in [2.75, 3.05) is 26.7 Å². The maximum atomic E-state index is 5.27. The third-order valence-corrected chi connectivity index (χ3v) is 3.19. The van der Waals surface area contributed by atoms with E-state index in [4.69, 9.17) is 4.52 Å². The SMILES string of the molecule is CN1CCNCC1c1noc(C2CC2)n1.Cl.Cl. The zero-order valence-corrected chi connectivity index (χ0v) is 11.4. The van der Waals surface area contributed by atoms with Crippen molar-refractivity contribution in [3.05, 3.63) is 11.7 Å². The van der Waals surface area contributed by atoms with Gasteiger partial charge in [-0.25, -0.2) is 0 Å². The fourth-order valence-electron chi connectivity index (χ4n) is 1.97. The fraction of sp³-hybridized carbons (Fsp3) is 0.800. The van der Waals surface area contributed by atoms with Crippen molar-refractivity contribution in [2.24, 2.45) is 0 Å². The first-order valence-corrected chi connectivity index (χ1v) is 5.59. The van der Waals surface area contributed by atoms with Crippen LogP contribution in [0.15, 0.2) is 4.52 Å². The molecule has 1 N–H and O–H groups in total. The summed E-state index contributed by atoms with van der Waals surface area (Å²) < 4.78 is 5.27.